The Hall–Kier alpha value is -1.41. The number of alkyl halides is 1. The molecule has 0 fully saturated rings. The van der Waals surface area contributed by atoms with E-state index in [0.29, 0.717) is 31.4 Å². The van der Waals surface area contributed by atoms with E-state index >= 15 is 0 Å². The smallest absolute Gasteiger partial charge is 0.332 e. The molecule has 1 atom stereocenters. The predicted octanol–water partition coefficient (Wildman–Crippen LogP) is 0.955. The summed E-state index contributed by atoms with van der Waals surface area (Å²) in [5.41, 5.74) is 0.844. The summed E-state index contributed by atoms with van der Waals surface area (Å²) >= 11 is 3.31. The molecular formula is C14H22BrNO6. The summed E-state index contributed by atoms with van der Waals surface area (Å²) in [6.07, 6.45) is 2.55. The number of carbonyl (C=O) groups excluding carboxylic acids is 3. The Morgan fingerprint density at radius 1 is 1.23 bits per heavy atom. The SMILES string of the molecule is CCOC(=O)COCCC(=CC(NC=O)C(=O)OCC)CBr. The topological polar surface area (TPSA) is 90.9 Å². The van der Waals surface area contributed by atoms with Crippen molar-refractivity contribution in [1.29, 1.82) is 0 Å². The molecule has 0 saturated heterocycles. The fourth-order valence-corrected chi connectivity index (χ4v) is 1.95. The van der Waals surface area contributed by atoms with Gasteiger partial charge in [-0.25, -0.2) is 9.59 Å². The molecule has 0 heterocycles. The molecule has 126 valence electrons. The van der Waals surface area contributed by atoms with Crippen LogP contribution in [0.2, 0.25) is 0 Å². The number of amides is 1. The Bertz CT molecular complexity index is 386. The zero-order valence-corrected chi connectivity index (χ0v) is 14.4. The van der Waals surface area contributed by atoms with E-state index in [9.17, 15) is 14.4 Å². The van der Waals surface area contributed by atoms with Crippen LogP contribution >= 0.6 is 15.9 Å². The zero-order valence-electron chi connectivity index (χ0n) is 12.8. The lowest BCUT2D eigenvalue weighted by Crippen LogP contribution is -2.36. The van der Waals surface area contributed by atoms with Gasteiger partial charge in [-0.15, -0.1) is 0 Å². The summed E-state index contributed by atoms with van der Waals surface area (Å²) in [5, 5.41) is 2.90. The number of nitrogens with one attached hydrogen (secondary N) is 1. The molecule has 22 heavy (non-hydrogen) atoms. The van der Waals surface area contributed by atoms with Gasteiger partial charge in [-0.1, -0.05) is 27.6 Å². The lowest BCUT2D eigenvalue weighted by atomic mass is 10.1. The standard InChI is InChI=1S/C14H22BrNO6/c1-3-21-13(18)9-20-6-5-11(8-15)7-12(16-10-17)14(19)22-4-2/h7,10,12H,3-6,8-9H2,1-2H3,(H,16,17). The highest BCUT2D eigenvalue weighted by atomic mass is 79.9. The van der Waals surface area contributed by atoms with Crippen LogP contribution in [0.4, 0.5) is 0 Å². The molecule has 0 aliphatic heterocycles. The van der Waals surface area contributed by atoms with Gasteiger partial charge in [0, 0.05) is 5.33 Å². The van der Waals surface area contributed by atoms with Gasteiger partial charge < -0.3 is 19.5 Å². The molecule has 0 saturated carbocycles. The maximum absolute atomic E-state index is 11.7. The average Bonchev–Trinajstić information content (AvgIpc) is 2.49. The fraction of sp³-hybridized carbons (Fsp3) is 0.643. The van der Waals surface area contributed by atoms with E-state index in [0.717, 1.165) is 5.57 Å². The molecule has 1 amide bonds. The quantitative estimate of drug-likeness (QED) is 0.178. The van der Waals surface area contributed by atoms with E-state index in [1.807, 2.05) is 0 Å². The van der Waals surface area contributed by atoms with Gasteiger partial charge in [0.05, 0.1) is 19.8 Å². The lowest BCUT2D eigenvalue weighted by molar-refractivity contribution is -0.148. The third kappa shape index (κ3) is 9.51. The summed E-state index contributed by atoms with van der Waals surface area (Å²) in [5.74, 6) is -0.945. The van der Waals surface area contributed by atoms with Gasteiger partial charge in [0.1, 0.15) is 12.6 Å². The first-order valence-electron chi connectivity index (χ1n) is 6.94. The molecular weight excluding hydrogens is 358 g/mol. The van der Waals surface area contributed by atoms with Crippen molar-refractivity contribution >= 4 is 34.3 Å². The Morgan fingerprint density at radius 3 is 2.45 bits per heavy atom. The number of halogens is 1. The van der Waals surface area contributed by atoms with Gasteiger partial charge in [-0.3, -0.25) is 4.79 Å². The highest BCUT2D eigenvalue weighted by Crippen LogP contribution is 2.08. The van der Waals surface area contributed by atoms with Gasteiger partial charge in [0.15, 0.2) is 0 Å². The van der Waals surface area contributed by atoms with Crippen molar-refractivity contribution in [2.24, 2.45) is 0 Å². The van der Waals surface area contributed by atoms with Crippen molar-refractivity contribution in [2.75, 3.05) is 31.8 Å². The van der Waals surface area contributed by atoms with E-state index in [1.165, 1.54) is 0 Å². The van der Waals surface area contributed by atoms with Crippen molar-refractivity contribution < 1.29 is 28.6 Å². The van der Waals surface area contributed by atoms with Crippen LogP contribution in [0.1, 0.15) is 20.3 Å². The minimum atomic E-state index is -0.838. The third-order valence-electron chi connectivity index (χ3n) is 2.45. The summed E-state index contributed by atoms with van der Waals surface area (Å²) in [6, 6.07) is -0.838. The van der Waals surface area contributed by atoms with Crippen molar-refractivity contribution in [1.82, 2.24) is 5.32 Å². The second-order valence-electron chi connectivity index (χ2n) is 4.08. The van der Waals surface area contributed by atoms with Crippen LogP contribution in [0.3, 0.4) is 0 Å². The van der Waals surface area contributed by atoms with E-state index in [1.54, 1.807) is 19.9 Å². The monoisotopic (exact) mass is 379 g/mol. The van der Waals surface area contributed by atoms with E-state index in [-0.39, 0.29) is 13.2 Å². The van der Waals surface area contributed by atoms with Crippen molar-refractivity contribution in [3.63, 3.8) is 0 Å². The molecule has 0 aromatic carbocycles. The molecule has 0 bridgehead atoms. The molecule has 0 aromatic rings. The number of ether oxygens (including phenoxy) is 3. The molecule has 0 rings (SSSR count). The molecule has 1 N–H and O–H groups in total. The first-order valence-corrected chi connectivity index (χ1v) is 8.06. The first-order chi connectivity index (χ1) is 10.6. The molecule has 8 heteroatoms. The molecule has 0 spiro atoms. The fourth-order valence-electron chi connectivity index (χ4n) is 1.48. The van der Waals surface area contributed by atoms with Gasteiger partial charge in [0.25, 0.3) is 0 Å². The summed E-state index contributed by atoms with van der Waals surface area (Å²) in [4.78, 5) is 33.3. The van der Waals surface area contributed by atoms with Crippen LogP contribution < -0.4 is 5.32 Å². The summed E-state index contributed by atoms with van der Waals surface area (Å²) < 4.78 is 14.8. The van der Waals surface area contributed by atoms with Crippen LogP contribution in [0.15, 0.2) is 11.6 Å². The number of carbonyl (C=O) groups is 3. The Labute approximate surface area is 138 Å². The summed E-state index contributed by atoms with van der Waals surface area (Å²) in [7, 11) is 0. The van der Waals surface area contributed by atoms with Gasteiger partial charge in [-0.05, 0) is 20.3 Å². The molecule has 1 unspecified atom stereocenters. The largest absolute Gasteiger partial charge is 0.464 e. The minimum Gasteiger partial charge on any atom is -0.464 e. The second-order valence-corrected chi connectivity index (χ2v) is 4.64. The Balaban J connectivity index is 4.41. The first kappa shape index (κ1) is 20.6. The van der Waals surface area contributed by atoms with Crippen LogP contribution in [0.5, 0.6) is 0 Å². The Kier molecular flexibility index (Phi) is 12.4. The van der Waals surface area contributed by atoms with Gasteiger partial charge >= 0.3 is 11.9 Å². The normalized spacial score (nSPS) is 12.4. The molecule has 0 aromatic heterocycles. The number of rotatable bonds is 12. The zero-order chi connectivity index (χ0) is 16.8. The molecule has 0 radical (unpaired) electrons. The molecule has 0 aliphatic carbocycles. The van der Waals surface area contributed by atoms with Gasteiger partial charge in [-0.2, -0.15) is 0 Å². The average molecular weight is 380 g/mol. The maximum Gasteiger partial charge on any atom is 0.332 e. The summed E-state index contributed by atoms with van der Waals surface area (Å²) in [6.45, 7) is 4.14. The molecule has 7 nitrogen and oxygen atoms in total. The number of hydrogen-bond donors (Lipinski definition) is 1. The van der Waals surface area contributed by atoms with Crippen LogP contribution in [-0.4, -0.2) is 56.1 Å². The van der Waals surface area contributed by atoms with Crippen molar-refractivity contribution in [3.8, 4) is 0 Å². The highest BCUT2D eigenvalue weighted by molar-refractivity contribution is 9.09. The highest BCUT2D eigenvalue weighted by Gasteiger charge is 2.17. The van der Waals surface area contributed by atoms with E-state index in [2.05, 4.69) is 21.2 Å². The van der Waals surface area contributed by atoms with E-state index in [4.69, 9.17) is 14.2 Å². The van der Waals surface area contributed by atoms with Crippen molar-refractivity contribution in [2.45, 2.75) is 26.3 Å². The van der Waals surface area contributed by atoms with Crippen LogP contribution in [0.25, 0.3) is 0 Å². The minimum absolute atomic E-state index is 0.114. The van der Waals surface area contributed by atoms with E-state index < -0.39 is 18.0 Å². The Morgan fingerprint density at radius 2 is 1.91 bits per heavy atom. The number of esters is 2. The van der Waals surface area contributed by atoms with Gasteiger partial charge in [0.2, 0.25) is 6.41 Å². The molecule has 0 aliphatic rings. The maximum atomic E-state index is 11.7. The van der Waals surface area contributed by atoms with Crippen molar-refractivity contribution in [3.05, 3.63) is 11.6 Å². The number of hydrogen-bond acceptors (Lipinski definition) is 6. The van der Waals surface area contributed by atoms with Crippen LogP contribution in [0, 0.1) is 0 Å². The second kappa shape index (κ2) is 13.3. The third-order valence-corrected chi connectivity index (χ3v) is 3.18. The lowest BCUT2D eigenvalue weighted by Gasteiger charge is -2.13. The predicted molar refractivity (Wildman–Crippen MR) is 83.6 cm³/mol. The van der Waals surface area contributed by atoms with Crippen LogP contribution in [-0.2, 0) is 28.6 Å².